The molecular weight excluding hydrogens is 393 g/mol. The SMILES string of the molecule is COCCn1cc(C(=O)N2CCC(c3cc(CN)ccc3F)CC2)c2c(C)cccc21. The minimum absolute atomic E-state index is 0.0464. The van der Waals surface area contributed by atoms with E-state index in [1.54, 1.807) is 13.2 Å². The monoisotopic (exact) mass is 423 g/mol. The zero-order chi connectivity index (χ0) is 22.0. The number of benzene rings is 2. The van der Waals surface area contributed by atoms with Crippen LogP contribution in [0.1, 0.15) is 45.8 Å². The fraction of sp³-hybridized carbons (Fsp3) is 0.400. The zero-order valence-corrected chi connectivity index (χ0v) is 18.2. The van der Waals surface area contributed by atoms with Crippen LogP contribution in [0.3, 0.4) is 0 Å². The van der Waals surface area contributed by atoms with Gasteiger partial charge in [-0.25, -0.2) is 4.39 Å². The molecule has 1 amide bonds. The largest absolute Gasteiger partial charge is 0.383 e. The van der Waals surface area contributed by atoms with Crippen LogP contribution in [0.15, 0.2) is 42.6 Å². The number of rotatable bonds is 6. The second-order valence-electron chi connectivity index (χ2n) is 8.32. The Kier molecular flexibility index (Phi) is 6.39. The molecule has 3 aromatic rings. The molecule has 1 aliphatic rings. The summed E-state index contributed by atoms with van der Waals surface area (Å²) in [5.74, 6) is -0.0238. The number of carbonyl (C=O) groups excluding carboxylic acids is 1. The van der Waals surface area contributed by atoms with Crippen LogP contribution >= 0.6 is 0 Å². The van der Waals surface area contributed by atoms with Gasteiger partial charge in [-0.2, -0.15) is 0 Å². The smallest absolute Gasteiger partial charge is 0.256 e. The van der Waals surface area contributed by atoms with Crippen molar-refractivity contribution in [2.75, 3.05) is 26.8 Å². The minimum Gasteiger partial charge on any atom is -0.383 e. The first-order chi connectivity index (χ1) is 15.0. The maximum Gasteiger partial charge on any atom is 0.256 e. The van der Waals surface area contributed by atoms with Crippen LogP contribution in [0, 0.1) is 12.7 Å². The Bertz CT molecular complexity index is 1080. The summed E-state index contributed by atoms with van der Waals surface area (Å²) >= 11 is 0. The second-order valence-corrected chi connectivity index (χ2v) is 8.32. The molecule has 0 atom stereocenters. The van der Waals surface area contributed by atoms with Crippen molar-refractivity contribution in [3.05, 3.63) is 70.7 Å². The van der Waals surface area contributed by atoms with Gasteiger partial charge in [-0.3, -0.25) is 4.79 Å². The first kappa shape index (κ1) is 21.5. The van der Waals surface area contributed by atoms with Gasteiger partial charge in [0.05, 0.1) is 12.2 Å². The Labute approximate surface area is 182 Å². The van der Waals surface area contributed by atoms with E-state index in [4.69, 9.17) is 10.5 Å². The lowest BCUT2D eigenvalue weighted by Crippen LogP contribution is -2.38. The van der Waals surface area contributed by atoms with Gasteiger partial charge in [-0.1, -0.05) is 24.3 Å². The normalized spacial score (nSPS) is 15.0. The molecule has 0 radical (unpaired) electrons. The number of piperidine rings is 1. The summed E-state index contributed by atoms with van der Waals surface area (Å²) in [5, 5.41) is 1.01. The average Bonchev–Trinajstić information content (AvgIpc) is 3.17. The summed E-state index contributed by atoms with van der Waals surface area (Å²) in [5.41, 5.74) is 10.3. The lowest BCUT2D eigenvalue weighted by molar-refractivity contribution is 0.0714. The van der Waals surface area contributed by atoms with Gasteiger partial charge in [-0.05, 0) is 54.5 Å². The van der Waals surface area contributed by atoms with Crippen molar-refractivity contribution in [2.24, 2.45) is 5.73 Å². The minimum atomic E-state index is -0.182. The molecule has 0 spiro atoms. The highest BCUT2D eigenvalue weighted by Gasteiger charge is 2.28. The molecule has 2 aromatic carbocycles. The lowest BCUT2D eigenvalue weighted by atomic mass is 9.88. The van der Waals surface area contributed by atoms with Gasteiger partial charge in [-0.15, -0.1) is 0 Å². The number of fused-ring (bicyclic) bond motifs is 1. The maximum atomic E-state index is 14.4. The fourth-order valence-corrected chi connectivity index (χ4v) is 4.67. The van der Waals surface area contributed by atoms with E-state index >= 15 is 0 Å². The van der Waals surface area contributed by atoms with E-state index in [9.17, 15) is 9.18 Å². The highest BCUT2D eigenvalue weighted by atomic mass is 19.1. The number of nitrogens with zero attached hydrogens (tertiary/aromatic N) is 2. The number of methoxy groups -OCH3 is 1. The van der Waals surface area contributed by atoms with E-state index in [2.05, 4.69) is 4.57 Å². The zero-order valence-electron chi connectivity index (χ0n) is 18.2. The molecule has 164 valence electrons. The standard InChI is InChI=1S/C25H30FN3O2/c1-17-4-3-5-23-24(17)21(16-29(23)12-13-31-2)25(30)28-10-8-19(9-11-28)20-14-18(15-27)6-7-22(20)26/h3-7,14,16,19H,8-13,15,27H2,1-2H3. The van der Waals surface area contributed by atoms with E-state index in [-0.39, 0.29) is 17.6 Å². The molecule has 6 heteroatoms. The number of aromatic nitrogens is 1. The van der Waals surface area contributed by atoms with Crippen molar-refractivity contribution < 1.29 is 13.9 Å². The molecule has 1 saturated heterocycles. The lowest BCUT2D eigenvalue weighted by Gasteiger charge is -2.32. The molecule has 0 aliphatic carbocycles. The predicted octanol–water partition coefficient (Wildman–Crippen LogP) is 4.21. The summed E-state index contributed by atoms with van der Waals surface area (Å²) in [6.07, 6.45) is 3.45. The molecule has 0 saturated carbocycles. The summed E-state index contributed by atoms with van der Waals surface area (Å²) in [7, 11) is 1.68. The number of hydrogen-bond acceptors (Lipinski definition) is 3. The highest BCUT2D eigenvalue weighted by Crippen LogP contribution is 2.32. The third-order valence-corrected chi connectivity index (χ3v) is 6.40. The summed E-state index contributed by atoms with van der Waals surface area (Å²) in [4.78, 5) is 15.4. The van der Waals surface area contributed by atoms with Gasteiger partial charge in [0.2, 0.25) is 0 Å². The Morgan fingerprint density at radius 2 is 2.00 bits per heavy atom. The van der Waals surface area contributed by atoms with Crippen molar-refractivity contribution in [2.45, 2.75) is 38.8 Å². The van der Waals surface area contributed by atoms with Crippen molar-refractivity contribution in [1.82, 2.24) is 9.47 Å². The molecule has 1 fully saturated rings. The van der Waals surface area contributed by atoms with E-state index in [1.807, 2.05) is 42.3 Å². The van der Waals surface area contributed by atoms with Crippen LogP contribution in [0.25, 0.3) is 10.9 Å². The number of halogens is 1. The molecule has 1 aliphatic heterocycles. The van der Waals surface area contributed by atoms with Crippen molar-refractivity contribution in [1.29, 1.82) is 0 Å². The van der Waals surface area contributed by atoms with Crippen LogP contribution in [0.4, 0.5) is 4.39 Å². The van der Waals surface area contributed by atoms with E-state index < -0.39 is 0 Å². The van der Waals surface area contributed by atoms with E-state index in [0.29, 0.717) is 32.8 Å². The van der Waals surface area contributed by atoms with Gasteiger partial charge in [0, 0.05) is 50.4 Å². The average molecular weight is 424 g/mol. The third-order valence-electron chi connectivity index (χ3n) is 6.40. The van der Waals surface area contributed by atoms with E-state index in [1.165, 1.54) is 6.07 Å². The molecular formula is C25H30FN3O2. The molecule has 5 nitrogen and oxygen atoms in total. The van der Waals surface area contributed by atoms with Crippen LogP contribution < -0.4 is 5.73 Å². The maximum absolute atomic E-state index is 14.4. The molecule has 4 rings (SSSR count). The molecule has 1 aromatic heterocycles. The quantitative estimate of drug-likeness (QED) is 0.646. The Morgan fingerprint density at radius 3 is 2.71 bits per heavy atom. The third kappa shape index (κ3) is 4.23. The van der Waals surface area contributed by atoms with Crippen LogP contribution in [-0.2, 0) is 17.8 Å². The van der Waals surface area contributed by atoms with E-state index in [0.717, 1.165) is 46.0 Å². The van der Waals surface area contributed by atoms with Crippen molar-refractivity contribution in [3.63, 3.8) is 0 Å². The Morgan fingerprint density at radius 1 is 1.23 bits per heavy atom. The summed E-state index contributed by atoms with van der Waals surface area (Å²) < 4.78 is 21.7. The number of amides is 1. The van der Waals surface area contributed by atoms with Crippen LogP contribution in [-0.4, -0.2) is 42.2 Å². The molecule has 2 N–H and O–H groups in total. The molecule has 0 unspecified atom stereocenters. The van der Waals surface area contributed by atoms with Gasteiger partial charge >= 0.3 is 0 Å². The first-order valence-electron chi connectivity index (χ1n) is 10.9. The Hall–Kier alpha value is -2.70. The van der Waals surface area contributed by atoms with Gasteiger partial charge in [0.25, 0.3) is 5.91 Å². The number of hydrogen-bond donors (Lipinski definition) is 1. The van der Waals surface area contributed by atoms with Crippen LogP contribution in [0.5, 0.6) is 0 Å². The molecule has 2 heterocycles. The topological polar surface area (TPSA) is 60.5 Å². The summed E-state index contributed by atoms with van der Waals surface area (Å²) in [6, 6.07) is 11.2. The first-order valence-corrected chi connectivity index (χ1v) is 10.9. The van der Waals surface area contributed by atoms with Gasteiger partial charge in [0.15, 0.2) is 0 Å². The highest BCUT2D eigenvalue weighted by molar-refractivity contribution is 6.08. The molecule has 0 bridgehead atoms. The second kappa shape index (κ2) is 9.20. The van der Waals surface area contributed by atoms with Crippen molar-refractivity contribution >= 4 is 16.8 Å². The fourth-order valence-electron chi connectivity index (χ4n) is 4.67. The van der Waals surface area contributed by atoms with Gasteiger partial charge < -0.3 is 19.9 Å². The number of aryl methyl sites for hydroxylation is 1. The predicted molar refractivity (Wildman–Crippen MR) is 121 cm³/mol. The van der Waals surface area contributed by atoms with Crippen LogP contribution in [0.2, 0.25) is 0 Å². The number of nitrogens with two attached hydrogens (primary N) is 1. The number of likely N-dealkylation sites (tertiary alicyclic amines) is 1. The molecule has 31 heavy (non-hydrogen) atoms. The van der Waals surface area contributed by atoms with Gasteiger partial charge in [0.1, 0.15) is 5.82 Å². The Balaban J connectivity index is 1.55. The number of carbonyl (C=O) groups is 1. The number of ether oxygens (including phenoxy) is 1. The summed E-state index contributed by atoms with van der Waals surface area (Å²) in [6.45, 7) is 4.96. The van der Waals surface area contributed by atoms with Crippen molar-refractivity contribution in [3.8, 4) is 0 Å².